The molecule has 0 aromatic rings. The van der Waals surface area contributed by atoms with E-state index in [1.807, 2.05) is 0 Å². The fraction of sp³-hybridized carbons (Fsp3) is 1.00. The molecule has 2 N–H and O–H groups in total. The lowest BCUT2D eigenvalue weighted by atomic mass is 10.1. The van der Waals surface area contributed by atoms with Crippen LogP contribution in [0.3, 0.4) is 0 Å². The molecule has 0 unspecified atom stereocenters. The van der Waals surface area contributed by atoms with Gasteiger partial charge in [0.1, 0.15) is 6.61 Å². The van der Waals surface area contributed by atoms with Crippen molar-refractivity contribution in [2.45, 2.75) is 37.4 Å². The Morgan fingerprint density at radius 3 is 2.38 bits per heavy atom. The quantitative estimate of drug-likeness (QED) is 0.682. The highest BCUT2D eigenvalue weighted by Gasteiger charge is 2.37. The molecular weight excluding hydrogens is 183 g/mol. The number of halogens is 3. The molecule has 13 heavy (non-hydrogen) atoms. The van der Waals surface area contributed by atoms with Crippen LogP contribution >= 0.6 is 0 Å². The Bertz CT molecular complexity index is 158. The Balaban J connectivity index is 1.90. The molecule has 1 saturated carbocycles. The van der Waals surface area contributed by atoms with E-state index < -0.39 is 12.8 Å². The number of rotatable bonds is 5. The van der Waals surface area contributed by atoms with Crippen molar-refractivity contribution >= 4 is 0 Å². The SMILES string of the molecule is NC1(CCCOCC(F)(F)F)CC1. The van der Waals surface area contributed by atoms with Crippen LogP contribution in [0.5, 0.6) is 0 Å². The third-order valence-electron chi connectivity index (χ3n) is 2.12. The first kappa shape index (κ1) is 10.8. The summed E-state index contributed by atoms with van der Waals surface area (Å²) in [5, 5.41) is 0. The van der Waals surface area contributed by atoms with Crippen LogP contribution in [0.2, 0.25) is 0 Å². The summed E-state index contributed by atoms with van der Waals surface area (Å²) in [7, 11) is 0. The number of hydrogen-bond donors (Lipinski definition) is 1. The van der Waals surface area contributed by atoms with Crippen molar-refractivity contribution in [1.82, 2.24) is 0 Å². The van der Waals surface area contributed by atoms with Crippen LogP contribution in [-0.2, 0) is 4.74 Å². The van der Waals surface area contributed by atoms with Crippen molar-refractivity contribution in [3.05, 3.63) is 0 Å². The average molecular weight is 197 g/mol. The summed E-state index contributed by atoms with van der Waals surface area (Å²) in [4.78, 5) is 0. The van der Waals surface area contributed by atoms with Gasteiger partial charge < -0.3 is 10.5 Å². The topological polar surface area (TPSA) is 35.2 Å². The minimum atomic E-state index is -4.21. The monoisotopic (exact) mass is 197 g/mol. The van der Waals surface area contributed by atoms with Gasteiger partial charge in [-0.15, -0.1) is 0 Å². The molecule has 78 valence electrons. The predicted molar refractivity (Wildman–Crippen MR) is 42.3 cm³/mol. The maximum Gasteiger partial charge on any atom is 0.411 e. The normalized spacial score (nSPS) is 20.3. The highest BCUT2D eigenvalue weighted by molar-refractivity contribution is 4.97. The highest BCUT2D eigenvalue weighted by Crippen LogP contribution is 2.36. The summed E-state index contributed by atoms with van der Waals surface area (Å²) in [6, 6.07) is 0. The molecule has 1 rings (SSSR count). The highest BCUT2D eigenvalue weighted by atomic mass is 19.4. The van der Waals surface area contributed by atoms with E-state index >= 15 is 0 Å². The summed E-state index contributed by atoms with van der Waals surface area (Å²) in [5.74, 6) is 0. The molecule has 0 saturated heterocycles. The van der Waals surface area contributed by atoms with Crippen LogP contribution < -0.4 is 5.73 Å². The van der Waals surface area contributed by atoms with Gasteiger partial charge in [0.15, 0.2) is 0 Å². The molecule has 5 heteroatoms. The minimum absolute atomic E-state index is 0.0818. The fourth-order valence-electron chi connectivity index (χ4n) is 1.12. The summed E-state index contributed by atoms with van der Waals surface area (Å²) in [6.45, 7) is -0.997. The van der Waals surface area contributed by atoms with Crippen LogP contribution in [0.1, 0.15) is 25.7 Å². The molecule has 0 aliphatic heterocycles. The van der Waals surface area contributed by atoms with Gasteiger partial charge in [0, 0.05) is 12.1 Å². The van der Waals surface area contributed by atoms with Gasteiger partial charge in [0.2, 0.25) is 0 Å². The molecular formula is C8H14F3NO. The van der Waals surface area contributed by atoms with E-state index in [0.29, 0.717) is 6.42 Å². The van der Waals surface area contributed by atoms with Gasteiger partial charge in [-0.2, -0.15) is 13.2 Å². The minimum Gasteiger partial charge on any atom is -0.372 e. The van der Waals surface area contributed by atoms with E-state index in [1.54, 1.807) is 0 Å². The Kier molecular flexibility index (Phi) is 3.18. The zero-order chi connectivity index (χ0) is 9.95. The third kappa shape index (κ3) is 5.10. The number of hydrogen-bond acceptors (Lipinski definition) is 2. The van der Waals surface area contributed by atoms with E-state index in [1.165, 1.54) is 0 Å². The first-order valence-electron chi connectivity index (χ1n) is 4.35. The van der Waals surface area contributed by atoms with Crippen molar-refractivity contribution in [2.75, 3.05) is 13.2 Å². The van der Waals surface area contributed by atoms with Crippen LogP contribution in [0.15, 0.2) is 0 Å². The first-order valence-corrected chi connectivity index (χ1v) is 4.35. The molecule has 0 radical (unpaired) electrons. The molecule has 0 heterocycles. The lowest BCUT2D eigenvalue weighted by Gasteiger charge is -2.09. The van der Waals surface area contributed by atoms with Gasteiger partial charge in [0.05, 0.1) is 0 Å². The number of alkyl halides is 3. The van der Waals surface area contributed by atoms with Crippen molar-refractivity contribution < 1.29 is 17.9 Å². The molecule has 0 spiro atoms. The van der Waals surface area contributed by atoms with Crippen molar-refractivity contribution in [3.63, 3.8) is 0 Å². The van der Waals surface area contributed by atoms with Gasteiger partial charge in [0.25, 0.3) is 0 Å². The number of ether oxygens (including phenoxy) is 1. The maximum absolute atomic E-state index is 11.6. The van der Waals surface area contributed by atoms with Crippen molar-refractivity contribution in [3.8, 4) is 0 Å². The summed E-state index contributed by atoms with van der Waals surface area (Å²) in [6.07, 6.45) is -0.837. The standard InChI is InChI=1S/C8H14F3NO/c9-8(10,11)6-13-5-1-2-7(12)3-4-7/h1-6,12H2. The summed E-state index contributed by atoms with van der Waals surface area (Å²) >= 11 is 0. The largest absolute Gasteiger partial charge is 0.411 e. The van der Waals surface area contributed by atoms with Gasteiger partial charge in [-0.1, -0.05) is 0 Å². The van der Waals surface area contributed by atoms with Gasteiger partial charge >= 0.3 is 6.18 Å². The van der Waals surface area contributed by atoms with E-state index in [-0.39, 0.29) is 12.1 Å². The molecule has 0 aromatic heterocycles. The van der Waals surface area contributed by atoms with Crippen LogP contribution in [0.4, 0.5) is 13.2 Å². The Hall–Kier alpha value is -0.290. The van der Waals surface area contributed by atoms with Crippen LogP contribution in [0.25, 0.3) is 0 Å². The van der Waals surface area contributed by atoms with E-state index in [4.69, 9.17) is 5.73 Å². The van der Waals surface area contributed by atoms with Gasteiger partial charge in [-0.05, 0) is 25.7 Å². The van der Waals surface area contributed by atoms with E-state index in [2.05, 4.69) is 4.74 Å². The maximum atomic E-state index is 11.6. The smallest absolute Gasteiger partial charge is 0.372 e. The average Bonchev–Trinajstić information content (AvgIpc) is 2.65. The first-order chi connectivity index (χ1) is 5.91. The van der Waals surface area contributed by atoms with Gasteiger partial charge in [-0.25, -0.2) is 0 Å². The second-order valence-electron chi connectivity index (χ2n) is 3.63. The molecule has 0 atom stereocenters. The molecule has 0 bridgehead atoms. The van der Waals surface area contributed by atoms with Crippen molar-refractivity contribution in [1.29, 1.82) is 0 Å². The third-order valence-corrected chi connectivity index (χ3v) is 2.12. The molecule has 1 aliphatic rings. The zero-order valence-corrected chi connectivity index (χ0v) is 7.36. The van der Waals surface area contributed by atoms with Crippen LogP contribution in [0, 0.1) is 0 Å². The van der Waals surface area contributed by atoms with Crippen LogP contribution in [-0.4, -0.2) is 24.9 Å². The molecule has 0 amide bonds. The lowest BCUT2D eigenvalue weighted by Crippen LogP contribution is -2.22. The molecule has 0 aromatic carbocycles. The summed E-state index contributed by atoms with van der Waals surface area (Å²) in [5.41, 5.74) is 5.66. The second-order valence-corrected chi connectivity index (χ2v) is 3.63. The fourth-order valence-corrected chi connectivity index (χ4v) is 1.12. The van der Waals surface area contributed by atoms with Gasteiger partial charge in [-0.3, -0.25) is 0 Å². The lowest BCUT2D eigenvalue weighted by molar-refractivity contribution is -0.174. The Morgan fingerprint density at radius 1 is 1.31 bits per heavy atom. The molecule has 1 fully saturated rings. The van der Waals surface area contributed by atoms with E-state index in [0.717, 1.165) is 19.3 Å². The molecule has 1 aliphatic carbocycles. The van der Waals surface area contributed by atoms with E-state index in [9.17, 15) is 13.2 Å². The predicted octanol–water partition coefficient (Wildman–Crippen LogP) is 1.84. The summed E-state index contributed by atoms with van der Waals surface area (Å²) < 4.78 is 39.2. The Labute approximate surface area is 75.2 Å². The van der Waals surface area contributed by atoms with Crippen molar-refractivity contribution in [2.24, 2.45) is 5.73 Å². The molecule has 2 nitrogen and oxygen atoms in total. The Morgan fingerprint density at radius 2 is 1.92 bits per heavy atom. The second kappa shape index (κ2) is 3.84. The number of nitrogens with two attached hydrogens (primary N) is 1. The zero-order valence-electron chi connectivity index (χ0n) is 7.36.